The normalized spacial score (nSPS) is 19.8. The molecule has 0 unspecified atom stereocenters. The predicted octanol–water partition coefficient (Wildman–Crippen LogP) is 1.23. The summed E-state index contributed by atoms with van der Waals surface area (Å²) in [5.41, 5.74) is 1.30. The lowest BCUT2D eigenvalue weighted by atomic mass is 10.2. The third kappa shape index (κ3) is 2.56. The monoisotopic (exact) mass is 189 g/mol. The Balaban J connectivity index is 1.87. The number of hydrogen-bond acceptors (Lipinski definition) is 2. The molecular weight excluding hydrogens is 172 g/mol. The van der Waals surface area contributed by atoms with Crippen molar-refractivity contribution in [2.24, 2.45) is 0 Å². The van der Waals surface area contributed by atoms with Crippen LogP contribution in [0.2, 0.25) is 0 Å². The van der Waals surface area contributed by atoms with Crippen LogP contribution < -0.4 is 0 Å². The largest absolute Gasteiger partial charge is 0.304 e. The summed E-state index contributed by atoms with van der Waals surface area (Å²) < 4.78 is 0. The summed E-state index contributed by atoms with van der Waals surface area (Å²) in [6.07, 6.45) is 0. The van der Waals surface area contributed by atoms with Gasteiger partial charge in [0.15, 0.2) is 0 Å². The second-order valence-electron chi connectivity index (χ2n) is 3.97. The van der Waals surface area contributed by atoms with Crippen LogP contribution in [0.1, 0.15) is 5.56 Å². The van der Waals surface area contributed by atoms with Crippen LogP contribution in [0.5, 0.6) is 0 Å². The van der Waals surface area contributed by atoms with Crippen LogP contribution in [-0.2, 0) is 6.54 Å². The number of hydrogen-bond donors (Lipinski definition) is 0. The fourth-order valence-corrected chi connectivity index (χ4v) is 1.78. The standard InChI is InChI=1S/C12H17N2/c1-13-7-9-14(10-8-13)11-12-5-3-2-4-6-12/h2-5H,7-11H2,1H3. The number of benzene rings is 1. The Morgan fingerprint density at radius 2 is 2.00 bits per heavy atom. The molecule has 1 aliphatic rings. The fraction of sp³-hybridized carbons (Fsp3) is 0.500. The molecule has 0 spiro atoms. The number of piperazine rings is 1. The highest BCUT2D eigenvalue weighted by Crippen LogP contribution is 2.06. The van der Waals surface area contributed by atoms with Gasteiger partial charge in [-0.15, -0.1) is 0 Å². The Labute approximate surface area is 86.1 Å². The third-order valence-corrected chi connectivity index (χ3v) is 2.76. The molecule has 2 rings (SSSR count). The minimum atomic E-state index is 1.05. The van der Waals surface area contributed by atoms with E-state index >= 15 is 0 Å². The Hall–Kier alpha value is -0.860. The van der Waals surface area contributed by atoms with Crippen LogP contribution in [0.4, 0.5) is 0 Å². The first-order valence-corrected chi connectivity index (χ1v) is 5.21. The van der Waals surface area contributed by atoms with Gasteiger partial charge in [0.25, 0.3) is 0 Å². The molecular formula is C12H17N2. The smallest absolute Gasteiger partial charge is 0.0240 e. The molecule has 1 aromatic carbocycles. The van der Waals surface area contributed by atoms with E-state index in [1.54, 1.807) is 0 Å². The molecule has 75 valence electrons. The van der Waals surface area contributed by atoms with Gasteiger partial charge < -0.3 is 4.90 Å². The van der Waals surface area contributed by atoms with Gasteiger partial charge in [0.05, 0.1) is 0 Å². The van der Waals surface area contributed by atoms with Crippen LogP contribution in [0, 0.1) is 6.07 Å². The van der Waals surface area contributed by atoms with Gasteiger partial charge in [0.1, 0.15) is 0 Å². The van der Waals surface area contributed by atoms with Gasteiger partial charge in [-0.2, -0.15) is 0 Å². The Morgan fingerprint density at radius 3 is 2.64 bits per heavy atom. The van der Waals surface area contributed by atoms with E-state index < -0.39 is 0 Å². The molecule has 0 bridgehead atoms. The average Bonchev–Trinajstić information content (AvgIpc) is 2.23. The molecule has 0 aromatic heterocycles. The summed E-state index contributed by atoms with van der Waals surface area (Å²) in [5.74, 6) is 0. The lowest BCUT2D eigenvalue weighted by Crippen LogP contribution is -2.43. The molecule has 2 nitrogen and oxygen atoms in total. The van der Waals surface area contributed by atoms with Gasteiger partial charge in [-0.05, 0) is 18.7 Å². The van der Waals surface area contributed by atoms with Crippen molar-refractivity contribution in [3.8, 4) is 0 Å². The molecule has 1 aliphatic heterocycles. The molecule has 1 heterocycles. The van der Waals surface area contributed by atoms with Gasteiger partial charge in [-0.25, -0.2) is 0 Å². The molecule has 0 aliphatic carbocycles. The summed E-state index contributed by atoms with van der Waals surface area (Å²) in [6.45, 7) is 5.78. The molecule has 1 fully saturated rings. The highest BCUT2D eigenvalue weighted by Gasteiger charge is 2.13. The van der Waals surface area contributed by atoms with Crippen molar-refractivity contribution in [3.63, 3.8) is 0 Å². The van der Waals surface area contributed by atoms with E-state index in [4.69, 9.17) is 0 Å². The summed E-state index contributed by atoms with van der Waals surface area (Å²) in [5, 5.41) is 0. The van der Waals surface area contributed by atoms with Crippen molar-refractivity contribution >= 4 is 0 Å². The minimum absolute atomic E-state index is 1.05. The Morgan fingerprint density at radius 1 is 1.21 bits per heavy atom. The lowest BCUT2D eigenvalue weighted by Gasteiger charge is -2.32. The van der Waals surface area contributed by atoms with E-state index in [2.05, 4.69) is 35.0 Å². The predicted molar refractivity (Wildman–Crippen MR) is 58.1 cm³/mol. The van der Waals surface area contributed by atoms with Gasteiger partial charge in [0, 0.05) is 32.7 Å². The zero-order valence-corrected chi connectivity index (χ0v) is 8.74. The molecule has 1 aromatic rings. The molecule has 1 saturated heterocycles. The number of rotatable bonds is 2. The van der Waals surface area contributed by atoms with Crippen LogP contribution >= 0.6 is 0 Å². The number of likely N-dealkylation sites (N-methyl/N-ethyl adjacent to an activating group) is 1. The molecule has 0 atom stereocenters. The fourth-order valence-electron chi connectivity index (χ4n) is 1.78. The van der Waals surface area contributed by atoms with E-state index in [0.29, 0.717) is 0 Å². The van der Waals surface area contributed by atoms with Crippen molar-refractivity contribution in [1.29, 1.82) is 0 Å². The Kier molecular flexibility index (Phi) is 3.17. The van der Waals surface area contributed by atoms with Crippen molar-refractivity contribution in [2.45, 2.75) is 6.54 Å². The van der Waals surface area contributed by atoms with Crippen LogP contribution in [0.15, 0.2) is 24.3 Å². The number of nitrogens with zero attached hydrogens (tertiary/aromatic N) is 2. The quantitative estimate of drug-likeness (QED) is 0.690. The van der Waals surface area contributed by atoms with Gasteiger partial charge in [-0.3, -0.25) is 4.90 Å². The third-order valence-electron chi connectivity index (χ3n) is 2.76. The maximum absolute atomic E-state index is 3.27. The van der Waals surface area contributed by atoms with E-state index in [0.717, 1.165) is 6.54 Å². The Bertz CT molecular complexity index is 263. The van der Waals surface area contributed by atoms with Gasteiger partial charge in [-0.1, -0.05) is 24.3 Å². The zero-order chi connectivity index (χ0) is 9.80. The van der Waals surface area contributed by atoms with Crippen molar-refractivity contribution in [3.05, 3.63) is 35.9 Å². The van der Waals surface area contributed by atoms with Crippen molar-refractivity contribution in [2.75, 3.05) is 33.2 Å². The SMILES string of the molecule is CN1CCN(Cc2[c]cccc2)CC1. The van der Waals surface area contributed by atoms with Crippen LogP contribution in [0.3, 0.4) is 0 Å². The van der Waals surface area contributed by atoms with E-state index in [-0.39, 0.29) is 0 Å². The molecule has 0 N–H and O–H groups in total. The summed E-state index contributed by atoms with van der Waals surface area (Å²) >= 11 is 0. The first-order valence-electron chi connectivity index (χ1n) is 5.21. The van der Waals surface area contributed by atoms with Crippen molar-refractivity contribution in [1.82, 2.24) is 9.80 Å². The summed E-state index contributed by atoms with van der Waals surface area (Å²) in [7, 11) is 2.19. The van der Waals surface area contributed by atoms with Gasteiger partial charge >= 0.3 is 0 Å². The second kappa shape index (κ2) is 4.58. The van der Waals surface area contributed by atoms with Crippen LogP contribution in [-0.4, -0.2) is 43.0 Å². The van der Waals surface area contributed by atoms with Crippen molar-refractivity contribution < 1.29 is 0 Å². The maximum atomic E-state index is 3.27. The second-order valence-corrected chi connectivity index (χ2v) is 3.97. The molecule has 14 heavy (non-hydrogen) atoms. The average molecular weight is 189 g/mol. The molecule has 0 saturated carbocycles. The molecule has 1 radical (unpaired) electrons. The maximum Gasteiger partial charge on any atom is 0.0240 e. The minimum Gasteiger partial charge on any atom is -0.304 e. The van der Waals surface area contributed by atoms with E-state index in [1.807, 2.05) is 12.1 Å². The van der Waals surface area contributed by atoms with E-state index in [1.165, 1.54) is 31.7 Å². The first-order chi connectivity index (χ1) is 6.84. The molecule has 2 heteroatoms. The summed E-state index contributed by atoms with van der Waals surface area (Å²) in [4.78, 5) is 4.87. The van der Waals surface area contributed by atoms with Crippen LogP contribution in [0.25, 0.3) is 0 Å². The summed E-state index contributed by atoms with van der Waals surface area (Å²) in [6, 6.07) is 11.5. The zero-order valence-electron chi connectivity index (χ0n) is 8.74. The first kappa shape index (κ1) is 9.69. The van der Waals surface area contributed by atoms with Gasteiger partial charge in [0.2, 0.25) is 0 Å². The highest BCUT2D eigenvalue weighted by atomic mass is 15.2. The van der Waals surface area contributed by atoms with E-state index in [9.17, 15) is 0 Å². The lowest BCUT2D eigenvalue weighted by molar-refractivity contribution is 0.148. The topological polar surface area (TPSA) is 6.48 Å². The molecule has 0 amide bonds. The highest BCUT2D eigenvalue weighted by molar-refractivity contribution is 5.12.